The van der Waals surface area contributed by atoms with Crippen molar-refractivity contribution in [2.75, 3.05) is 12.0 Å². The molecule has 0 fully saturated rings. The Labute approximate surface area is 122 Å². The minimum absolute atomic E-state index is 0.0126. The number of ether oxygens (including phenoxy) is 1. The zero-order valence-electron chi connectivity index (χ0n) is 11.5. The molecule has 0 aliphatic rings. The van der Waals surface area contributed by atoms with Gasteiger partial charge in [-0.15, -0.1) is 0 Å². The van der Waals surface area contributed by atoms with Crippen LogP contribution in [-0.4, -0.2) is 17.7 Å². The van der Waals surface area contributed by atoms with Crippen molar-refractivity contribution >= 4 is 17.6 Å². The van der Waals surface area contributed by atoms with E-state index in [1.807, 2.05) is 31.2 Å². The lowest BCUT2D eigenvalue weighted by Gasteiger charge is -2.03. The number of rotatable bonds is 6. The van der Waals surface area contributed by atoms with Crippen molar-refractivity contribution in [3.05, 3.63) is 64.2 Å². The van der Waals surface area contributed by atoms with Crippen LogP contribution in [0.4, 0.5) is 11.4 Å². The molecule has 2 aromatic rings. The fourth-order valence-electron chi connectivity index (χ4n) is 1.72. The first-order chi connectivity index (χ1) is 10.2. The van der Waals surface area contributed by atoms with Gasteiger partial charge in [0.1, 0.15) is 11.4 Å². The molecule has 0 atom stereocenters. The van der Waals surface area contributed by atoms with E-state index in [2.05, 4.69) is 10.5 Å². The second-order valence-corrected chi connectivity index (χ2v) is 4.15. The number of nitro groups is 1. The number of hydrogen-bond acceptors (Lipinski definition) is 5. The van der Waals surface area contributed by atoms with Crippen molar-refractivity contribution in [1.82, 2.24) is 0 Å². The average Bonchev–Trinajstić information content (AvgIpc) is 2.50. The smallest absolute Gasteiger partial charge is 0.294 e. The quantitative estimate of drug-likeness (QED) is 0.501. The van der Waals surface area contributed by atoms with Crippen LogP contribution in [0.1, 0.15) is 12.5 Å². The summed E-state index contributed by atoms with van der Waals surface area (Å²) in [4.78, 5) is 10.4. The van der Waals surface area contributed by atoms with Crippen molar-refractivity contribution in [3.63, 3.8) is 0 Å². The van der Waals surface area contributed by atoms with Gasteiger partial charge in [0.05, 0.1) is 17.7 Å². The summed E-state index contributed by atoms with van der Waals surface area (Å²) in [7, 11) is 0. The van der Waals surface area contributed by atoms with Crippen LogP contribution in [0.15, 0.2) is 53.6 Å². The van der Waals surface area contributed by atoms with Crippen molar-refractivity contribution in [2.24, 2.45) is 5.10 Å². The fourth-order valence-corrected chi connectivity index (χ4v) is 1.72. The van der Waals surface area contributed by atoms with Crippen LogP contribution in [0.2, 0.25) is 0 Å². The van der Waals surface area contributed by atoms with Crippen LogP contribution in [0.5, 0.6) is 5.75 Å². The largest absolute Gasteiger partial charge is 0.494 e. The van der Waals surface area contributed by atoms with E-state index in [1.54, 1.807) is 24.4 Å². The minimum Gasteiger partial charge on any atom is -0.494 e. The van der Waals surface area contributed by atoms with E-state index >= 15 is 0 Å². The van der Waals surface area contributed by atoms with Gasteiger partial charge in [-0.1, -0.05) is 12.1 Å². The van der Waals surface area contributed by atoms with E-state index in [4.69, 9.17) is 4.74 Å². The molecule has 6 heteroatoms. The molecule has 2 rings (SSSR count). The minimum atomic E-state index is -0.450. The summed E-state index contributed by atoms with van der Waals surface area (Å²) < 4.78 is 5.34. The fraction of sp³-hybridized carbons (Fsp3) is 0.133. The third-order valence-electron chi connectivity index (χ3n) is 2.69. The van der Waals surface area contributed by atoms with Crippen LogP contribution in [-0.2, 0) is 0 Å². The maximum Gasteiger partial charge on any atom is 0.294 e. The van der Waals surface area contributed by atoms with E-state index in [0.717, 1.165) is 11.3 Å². The molecule has 0 spiro atoms. The summed E-state index contributed by atoms with van der Waals surface area (Å²) in [6, 6.07) is 13.8. The van der Waals surface area contributed by atoms with Crippen molar-refractivity contribution < 1.29 is 9.66 Å². The van der Waals surface area contributed by atoms with Crippen molar-refractivity contribution in [2.45, 2.75) is 6.92 Å². The lowest BCUT2D eigenvalue weighted by atomic mass is 10.2. The molecule has 21 heavy (non-hydrogen) atoms. The normalized spacial score (nSPS) is 10.5. The number of nitrogens with zero attached hydrogens (tertiary/aromatic N) is 2. The summed E-state index contributed by atoms with van der Waals surface area (Å²) in [5.41, 5.74) is 3.88. The predicted molar refractivity (Wildman–Crippen MR) is 81.9 cm³/mol. The molecule has 0 aliphatic heterocycles. The highest BCUT2D eigenvalue weighted by atomic mass is 16.6. The zero-order chi connectivity index (χ0) is 15.1. The molecule has 1 N–H and O–H groups in total. The van der Waals surface area contributed by atoms with Gasteiger partial charge in [0.2, 0.25) is 0 Å². The molecule has 0 amide bonds. The molecule has 0 saturated carbocycles. The summed E-state index contributed by atoms with van der Waals surface area (Å²) in [5, 5.41) is 14.9. The van der Waals surface area contributed by atoms with Crippen LogP contribution < -0.4 is 10.2 Å². The Morgan fingerprint density at radius 2 is 1.95 bits per heavy atom. The lowest BCUT2D eigenvalue weighted by Crippen LogP contribution is -1.96. The summed E-state index contributed by atoms with van der Waals surface area (Å²) in [6.45, 7) is 2.54. The number of hydrogen-bond donors (Lipinski definition) is 1. The third-order valence-corrected chi connectivity index (χ3v) is 2.69. The Balaban J connectivity index is 2.04. The number of para-hydroxylation sites is 2. The maximum atomic E-state index is 10.9. The number of nitro benzene ring substituents is 1. The zero-order valence-corrected chi connectivity index (χ0v) is 11.5. The Morgan fingerprint density at radius 3 is 2.62 bits per heavy atom. The number of hydrazone groups is 1. The molecule has 0 bridgehead atoms. The van der Waals surface area contributed by atoms with Crippen LogP contribution in [0.25, 0.3) is 0 Å². The van der Waals surface area contributed by atoms with E-state index in [-0.39, 0.29) is 5.69 Å². The summed E-state index contributed by atoms with van der Waals surface area (Å²) in [6.07, 6.45) is 1.59. The molecule has 0 unspecified atom stereocenters. The standard InChI is InChI=1S/C15H15N3O3/c1-2-21-13-9-7-12(8-10-13)11-16-17-14-5-3-4-6-15(14)18(19)20/h3-11,17H,2H2,1H3. The predicted octanol–water partition coefficient (Wildman–Crippen LogP) is 3.44. The monoisotopic (exact) mass is 285 g/mol. The summed E-state index contributed by atoms with van der Waals surface area (Å²) in [5.74, 6) is 0.793. The van der Waals surface area contributed by atoms with Gasteiger partial charge in [0, 0.05) is 6.07 Å². The highest BCUT2D eigenvalue weighted by Gasteiger charge is 2.10. The van der Waals surface area contributed by atoms with Gasteiger partial charge in [-0.05, 0) is 42.8 Å². The number of nitrogens with one attached hydrogen (secondary N) is 1. The van der Waals surface area contributed by atoms with Gasteiger partial charge in [-0.25, -0.2) is 0 Å². The molecule has 0 aromatic heterocycles. The molecule has 0 heterocycles. The van der Waals surface area contributed by atoms with E-state index in [1.165, 1.54) is 6.07 Å². The number of benzene rings is 2. The summed E-state index contributed by atoms with van der Waals surface area (Å²) >= 11 is 0. The highest BCUT2D eigenvalue weighted by Crippen LogP contribution is 2.22. The van der Waals surface area contributed by atoms with Gasteiger partial charge in [-0.3, -0.25) is 15.5 Å². The molecule has 2 aromatic carbocycles. The second-order valence-electron chi connectivity index (χ2n) is 4.15. The average molecular weight is 285 g/mol. The molecule has 6 nitrogen and oxygen atoms in total. The first-order valence-corrected chi connectivity index (χ1v) is 6.46. The molecule has 0 aliphatic carbocycles. The van der Waals surface area contributed by atoms with Crippen LogP contribution in [0, 0.1) is 10.1 Å². The van der Waals surface area contributed by atoms with Gasteiger partial charge < -0.3 is 4.74 Å². The second kappa shape index (κ2) is 7.04. The topological polar surface area (TPSA) is 76.8 Å². The Kier molecular flexibility index (Phi) is 4.87. The molecule has 0 radical (unpaired) electrons. The van der Waals surface area contributed by atoms with Gasteiger partial charge in [0.15, 0.2) is 0 Å². The Morgan fingerprint density at radius 1 is 1.24 bits per heavy atom. The van der Waals surface area contributed by atoms with Gasteiger partial charge in [0.25, 0.3) is 5.69 Å². The molecule has 108 valence electrons. The third kappa shape index (κ3) is 4.04. The molecular formula is C15H15N3O3. The molecular weight excluding hydrogens is 270 g/mol. The van der Waals surface area contributed by atoms with Gasteiger partial charge >= 0.3 is 0 Å². The Hall–Kier alpha value is -2.89. The lowest BCUT2D eigenvalue weighted by molar-refractivity contribution is -0.384. The van der Waals surface area contributed by atoms with Crippen molar-refractivity contribution in [1.29, 1.82) is 0 Å². The van der Waals surface area contributed by atoms with E-state index < -0.39 is 4.92 Å². The molecule has 0 saturated heterocycles. The van der Waals surface area contributed by atoms with Gasteiger partial charge in [-0.2, -0.15) is 5.10 Å². The SMILES string of the molecule is CCOc1ccc(C=NNc2ccccc2[N+](=O)[O-])cc1. The maximum absolute atomic E-state index is 10.9. The first kappa shape index (κ1) is 14.5. The Bertz CT molecular complexity index is 639. The first-order valence-electron chi connectivity index (χ1n) is 6.46. The highest BCUT2D eigenvalue weighted by molar-refractivity contribution is 5.80. The van der Waals surface area contributed by atoms with E-state index in [0.29, 0.717) is 12.3 Å². The van der Waals surface area contributed by atoms with E-state index in [9.17, 15) is 10.1 Å². The number of anilines is 1. The van der Waals surface area contributed by atoms with Crippen LogP contribution in [0.3, 0.4) is 0 Å². The van der Waals surface area contributed by atoms with Crippen molar-refractivity contribution in [3.8, 4) is 5.75 Å². The van der Waals surface area contributed by atoms with Crippen LogP contribution >= 0.6 is 0 Å².